The van der Waals surface area contributed by atoms with Gasteiger partial charge in [0.2, 0.25) is 5.91 Å². The first kappa shape index (κ1) is 16.5. The highest BCUT2D eigenvalue weighted by molar-refractivity contribution is 7.90. The Bertz CT molecular complexity index is 557. The van der Waals surface area contributed by atoms with Crippen molar-refractivity contribution in [3.05, 3.63) is 24.3 Å². The molecule has 1 amide bonds. The zero-order chi connectivity index (χ0) is 15.2. The Balaban J connectivity index is 2.56. The van der Waals surface area contributed by atoms with Crippen molar-refractivity contribution in [3.63, 3.8) is 0 Å². The number of rotatable bonds is 7. The fraction of sp³-hybridized carbons (Fsp3) is 0.462. The predicted molar refractivity (Wildman–Crippen MR) is 77.5 cm³/mol. The van der Waals surface area contributed by atoms with Gasteiger partial charge in [-0.25, -0.2) is 8.42 Å². The highest BCUT2D eigenvalue weighted by Gasteiger charge is 2.09. The number of hydrogen-bond donors (Lipinski definition) is 2. The lowest BCUT2D eigenvalue weighted by atomic mass is 10.3. The summed E-state index contributed by atoms with van der Waals surface area (Å²) in [5.74, 6) is -0.181. The molecule has 0 fully saturated rings. The SMILES string of the molecule is COC[C@@H](C)NC(=O)CNc1cccc(S(C)(=O)=O)c1. The van der Waals surface area contributed by atoms with Crippen molar-refractivity contribution in [2.24, 2.45) is 0 Å². The Morgan fingerprint density at radius 3 is 2.70 bits per heavy atom. The number of carbonyl (C=O) groups excluding carboxylic acids is 1. The fourth-order valence-corrected chi connectivity index (χ4v) is 2.30. The van der Waals surface area contributed by atoms with Crippen molar-refractivity contribution >= 4 is 21.4 Å². The molecule has 1 aromatic carbocycles. The maximum absolute atomic E-state index is 11.6. The van der Waals surface area contributed by atoms with Crippen molar-refractivity contribution in [3.8, 4) is 0 Å². The second-order valence-corrected chi connectivity index (χ2v) is 6.59. The molecule has 0 aliphatic rings. The molecular formula is C13H20N2O4S. The average Bonchev–Trinajstić information content (AvgIpc) is 2.36. The number of carbonyl (C=O) groups is 1. The van der Waals surface area contributed by atoms with Crippen LogP contribution in [0.1, 0.15) is 6.92 Å². The second-order valence-electron chi connectivity index (χ2n) is 4.58. The molecule has 2 N–H and O–H groups in total. The topological polar surface area (TPSA) is 84.5 Å². The number of anilines is 1. The summed E-state index contributed by atoms with van der Waals surface area (Å²) in [5, 5.41) is 5.64. The zero-order valence-electron chi connectivity index (χ0n) is 11.8. The van der Waals surface area contributed by atoms with E-state index in [0.29, 0.717) is 12.3 Å². The third-order valence-corrected chi connectivity index (χ3v) is 3.65. The molecule has 0 spiro atoms. The number of hydrogen-bond acceptors (Lipinski definition) is 5. The predicted octanol–water partition coefficient (Wildman–Crippen LogP) is 0.653. The molecule has 0 heterocycles. The van der Waals surface area contributed by atoms with Gasteiger partial charge in [-0.2, -0.15) is 0 Å². The molecule has 1 atom stereocenters. The van der Waals surface area contributed by atoms with Gasteiger partial charge in [0.1, 0.15) is 0 Å². The lowest BCUT2D eigenvalue weighted by Crippen LogP contribution is -2.39. The first-order valence-electron chi connectivity index (χ1n) is 6.15. The van der Waals surface area contributed by atoms with Gasteiger partial charge in [-0.05, 0) is 25.1 Å². The summed E-state index contributed by atoms with van der Waals surface area (Å²) in [5.41, 5.74) is 0.586. The molecule has 0 saturated heterocycles. The van der Waals surface area contributed by atoms with Crippen LogP contribution in [0.3, 0.4) is 0 Å². The Labute approximate surface area is 119 Å². The molecule has 1 rings (SSSR count). The van der Waals surface area contributed by atoms with E-state index >= 15 is 0 Å². The van der Waals surface area contributed by atoms with Crippen molar-refractivity contribution in [1.82, 2.24) is 5.32 Å². The molecule has 0 aromatic heterocycles. The van der Waals surface area contributed by atoms with E-state index in [1.807, 2.05) is 6.92 Å². The van der Waals surface area contributed by atoms with E-state index in [9.17, 15) is 13.2 Å². The van der Waals surface area contributed by atoms with Crippen LogP contribution in [-0.2, 0) is 19.4 Å². The van der Waals surface area contributed by atoms with Crippen molar-refractivity contribution in [1.29, 1.82) is 0 Å². The Hall–Kier alpha value is -1.60. The Morgan fingerprint density at radius 2 is 2.10 bits per heavy atom. The van der Waals surface area contributed by atoms with Crippen LogP contribution in [0.2, 0.25) is 0 Å². The summed E-state index contributed by atoms with van der Waals surface area (Å²) < 4.78 is 27.8. The third-order valence-electron chi connectivity index (χ3n) is 2.54. The molecule has 7 heteroatoms. The lowest BCUT2D eigenvalue weighted by Gasteiger charge is -2.13. The first-order valence-corrected chi connectivity index (χ1v) is 8.04. The number of methoxy groups -OCH3 is 1. The van der Waals surface area contributed by atoms with Crippen molar-refractivity contribution < 1.29 is 17.9 Å². The van der Waals surface area contributed by atoms with E-state index in [4.69, 9.17) is 4.74 Å². The minimum absolute atomic E-state index is 0.0707. The number of sulfone groups is 1. The molecule has 0 saturated carbocycles. The molecule has 20 heavy (non-hydrogen) atoms. The van der Waals surface area contributed by atoms with Crippen LogP contribution >= 0.6 is 0 Å². The van der Waals surface area contributed by atoms with E-state index in [1.165, 1.54) is 12.1 Å². The maximum Gasteiger partial charge on any atom is 0.239 e. The van der Waals surface area contributed by atoms with Gasteiger partial charge in [-0.3, -0.25) is 4.79 Å². The normalized spacial score (nSPS) is 12.8. The first-order chi connectivity index (χ1) is 9.32. The number of ether oxygens (including phenoxy) is 1. The van der Waals surface area contributed by atoms with Gasteiger partial charge >= 0.3 is 0 Å². The molecule has 0 radical (unpaired) electrons. The van der Waals surface area contributed by atoms with Gasteiger partial charge in [-0.15, -0.1) is 0 Å². The van der Waals surface area contributed by atoms with E-state index < -0.39 is 9.84 Å². The standard InChI is InChI=1S/C13H20N2O4S/c1-10(9-19-2)15-13(16)8-14-11-5-4-6-12(7-11)20(3,17)18/h4-7,10,14H,8-9H2,1-3H3,(H,15,16)/t10-/m1/s1. The van der Waals surface area contributed by atoms with E-state index in [0.717, 1.165) is 6.26 Å². The van der Waals surface area contributed by atoms with Gasteiger partial charge in [0.05, 0.1) is 18.0 Å². The Kier molecular flexibility index (Phi) is 5.97. The highest BCUT2D eigenvalue weighted by Crippen LogP contribution is 2.14. The quantitative estimate of drug-likeness (QED) is 0.772. The molecule has 0 unspecified atom stereocenters. The largest absolute Gasteiger partial charge is 0.383 e. The van der Waals surface area contributed by atoms with E-state index in [-0.39, 0.29) is 23.4 Å². The minimum Gasteiger partial charge on any atom is -0.383 e. The lowest BCUT2D eigenvalue weighted by molar-refractivity contribution is -0.120. The molecule has 0 aliphatic heterocycles. The van der Waals surface area contributed by atoms with Crippen molar-refractivity contribution in [2.75, 3.05) is 31.8 Å². The van der Waals surface area contributed by atoms with Gasteiger partial charge < -0.3 is 15.4 Å². The molecule has 112 valence electrons. The van der Waals surface area contributed by atoms with Crippen LogP contribution in [0.25, 0.3) is 0 Å². The third kappa shape index (κ3) is 5.58. The van der Waals surface area contributed by atoms with Gasteiger partial charge in [0.25, 0.3) is 0 Å². The smallest absolute Gasteiger partial charge is 0.239 e. The minimum atomic E-state index is -3.25. The molecule has 6 nitrogen and oxygen atoms in total. The summed E-state index contributed by atoms with van der Waals surface area (Å²) in [4.78, 5) is 11.9. The van der Waals surface area contributed by atoms with Crippen LogP contribution in [0.5, 0.6) is 0 Å². The second kappa shape index (κ2) is 7.25. The number of benzene rings is 1. The molecule has 0 aliphatic carbocycles. The monoisotopic (exact) mass is 300 g/mol. The maximum atomic E-state index is 11.6. The Morgan fingerprint density at radius 1 is 1.40 bits per heavy atom. The van der Waals surface area contributed by atoms with Gasteiger partial charge in [-0.1, -0.05) is 6.07 Å². The van der Waals surface area contributed by atoms with Crippen LogP contribution in [0.4, 0.5) is 5.69 Å². The summed E-state index contributed by atoms with van der Waals surface area (Å²) in [6.45, 7) is 2.35. The number of nitrogens with one attached hydrogen (secondary N) is 2. The summed E-state index contributed by atoms with van der Waals surface area (Å²) in [6, 6.07) is 6.28. The molecule has 1 aromatic rings. The van der Waals surface area contributed by atoms with Crippen molar-refractivity contribution in [2.45, 2.75) is 17.9 Å². The summed E-state index contributed by atoms with van der Waals surface area (Å²) in [6.07, 6.45) is 1.14. The number of amides is 1. The summed E-state index contributed by atoms with van der Waals surface area (Å²) in [7, 11) is -1.68. The fourth-order valence-electron chi connectivity index (χ4n) is 1.64. The molecule has 0 bridgehead atoms. The van der Waals surface area contributed by atoms with Gasteiger partial charge in [0.15, 0.2) is 9.84 Å². The average molecular weight is 300 g/mol. The van der Waals surface area contributed by atoms with E-state index in [2.05, 4.69) is 10.6 Å². The molecular weight excluding hydrogens is 280 g/mol. The zero-order valence-corrected chi connectivity index (χ0v) is 12.7. The highest BCUT2D eigenvalue weighted by atomic mass is 32.2. The van der Waals surface area contributed by atoms with Gasteiger partial charge in [0, 0.05) is 25.1 Å². The van der Waals surface area contributed by atoms with E-state index in [1.54, 1.807) is 19.2 Å². The summed E-state index contributed by atoms with van der Waals surface area (Å²) >= 11 is 0. The van der Waals surface area contributed by atoms with Crippen LogP contribution in [0.15, 0.2) is 29.2 Å². The van der Waals surface area contributed by atoms with Crippen LogP contribution in [-0.4, -0.2) is 46.9 Å². The van der Waals surface area contributed by atoms with Crippen LogP contribution < -0.4 is 10.6 Å². The van der Waals surface area contributed by atoms with Crippen LogP contribution in [0, 0.1) is 0 Å².